The van der Waals surface area contributed by atoms with Gasteiger partial charge in [-0.15, -0.1) is 0 Å². The highest BCUT2D eigenvalue weighted by atomic mass is 32.1. The van der Waals surface area contributed by atoms with Gasteiger partial charge < -0.3 is 19.0 Å². The molecule has 22 heavy (non-hydrogen) atoms. The van der Waals surface area contributed by atoms with Crippen molar-refractivity contribution in [3.63, 3.8) is 0 Å². The Morgan fingerprint density at radius 3 is 3.18 bits per heavy atom. The number of β-amino-alcohol motifs (C(OH)–C–C–N with tert-alkyl or cyclic N) is 1. The predicted octanol–water partition coefficient (Wildman–Crippen LogP) is 2.29. The summed E-state index contributed by atoms with van der Waals surface area (Å²) in [5.41, 5.74) is 1.22. The maximum atomic E-state index is 10.1. The lowest BCUT2D eigenvalue weighted by Gasteiger charge is -2.33. The molecular formula is C16H21NO4S. The molecule has 0 bridgehead atoms. The second kappa shape index (κ2) is 7.89. The molecule has 2 aromatic heterocycles. The number of hydrogen-bond acceptors (Lipinski definition) is 6. The molecule has 3 rings (SSSR count). The number of hydrogen-bond donors (Lipinski definition) is 1. The Kier molecular flexibility index (Phi) is 5.64. The molecule has 120 valence electrons. The third-order valence-electron chi connectivity index (χ3n) is 3.67. The first-order chi connectivity index (χ1) is 10.8. The van der Waals surface area contributed by atoms with E-state index in [2.05, 4.69) is 21.7 Å². The molecule has 3 heterocycles. The van der Waals surface area contributed by atoms with E-state index in [1.54, 1.807) is 17.6 Å². The molecule has 6 heteroatoms. The summed E-state index contributed by atoms with van der Waals surface area (Å²) in [7, 11) is 0. The molecule has 1 saturated heterocycles. The Morgan fingerprint density at radius 2 is 2.41 bits per heavy atom. The van der Waals surface area contributed by atoms with E-state index in [9.17, 15) is 5.11 Å². The number of furan rings is 1. The van der Waals surface area contributed by atoms with Gasteiger partial charge in [-0.3, -0.25) is 4.90 Å². The Morgan fingerprint density at radius 1 is 1.45 bits per heavy atom. The quantitative estimate of drug-likeness (QED) is 0.847. The Balaban J connectivity index is 1.40. The molecule has 0 spiro atoms. The second-order valence-electron chi connectivity index (χ2n) is 5.42. The van der Waals surface area contributed by atoms with Crippen molar-refractivity contribution in [1.29, 1.82) is 0 Å². The monoisotopic (exact) mass is 323 g/mol. The van der Waals surface area contributed by atoms with Gasteiger partial charge in [0.05, 0.1) is 31.7 Å². The molecular weight excluding hydrogens is 302 g/mol. The smallest absolute Gasteiger partial charge is 0.129 e. The van der Waals surface area contributed by atoms with E-state index in [-0.39, 0.29) is 6.10 Å². The summed E-state index contributed by atoms with van der Waals surface area (Å²) in [6.07, 6.45) is 1.22. The van der Waals surface area contributed by atoms with Crippen molar-refractivity contribution < 1.29 is 19.0 Å². The number of nitrogens with zero attached hydrogens (tertiary/aromatic N) is 1. The van der Waals surface area contributed by atoms with Crippen LogP contribution in [0.5, 0.6) is 0 Å². The minimum Gasteiger partial charge on any atom is -0.467 e. The van der Waals surface area contributed by atoms with Gasteiger partial charge in [0.25, 0.3) is 0 Å². The first-order valence-electron chi connectivity index (χ1n) is 7.45. The van der Waals surface area contributed by atoms with Crippen LogP contribution < -0.4 is 0 Å². The van der Waals surface area contributed by atoms with Gasteiger partial charge >= 0.3 is 0 Å². The van der Waals surface area contributed by atoms with Crippen molar-refractivity contribution in [2.24, 2.45) is 0 Å². The van der Waals surface area contributed by atoms with Crippen LogP contribution in [0.25, 0.3) is 0 Å². The van der Waals surface area contributed by atoms with Crippen LogP contribution in [0.15, 0.2) is 39.6 Å². The van der Waals surface area contributed by atoms with Gasteiger partial charge in [0.15, 0.2) is 0 Å². The van der Waals surface area contributed by atoms with Crippen LogP contribution in [0.1, 0.15) is 17.4 Å². The third-order valence-corrected chi connectivity index (χ3v) is 4.37. The summed E-state index contributed by atoms with van der Waals surface area (Å²) in [6.45, 7) is 3.65. The normalized spacial score (nSPS) is 21.0. The van der Waals surface area contributed by atoms with Crippen LogP contribution in [0.3, 0.4) is 0 Å². The minimum atomic E-state index is -0.504. The fourth-order valence-electron chi connectivity index (χ4n) is 2.57. The van der Waals surface area contributed by atoms with Crippen LogP contribution in [0, 0.1) is 0 Å². The molecule has 2 atom stereocenters. The van der Waals surface area contributed by atoms with Crippen molar-refractivity contribution in [1.82, 2.24) is 4.90 Å². The Bertz CT molecular complexity index is 528. The van der Waals surface area contributed by atoms with Crippen LogP contribution in [0.4, 0.5) is 0 Å². The van der Waals surface area contributed by atoms with Gasteiger partial charge in [-0.2, -0.15) is 11.3 Å². The fourth-order valence-corrected chi connectivity index (χ4v) is 3.27. The zero-order chi connectivity index (χ0) is 15.2. The van der Waals surface area contributed by atoms with Crippen LogP contribution in [-0.2, 0) is 16.1 Å². The van der Waals surface area contributed by atoms with Gasteiger partial charge in [0.2, 0.25) is 0 Å². The van der Waals surface area contributed by atoms with E-state index in [1.807, 2.05) is 12.1 Å². The highest BCUT2D eigenvalue weighted by molar-refractivity contribution is 7.07. The van der Waals surface area contributed by atoms with Crippen molar-refractivity contribution in [3.05, 3.63) is 46.5 Å². The van der Waals surface area contributed by atoms with Gasteiger partial charge in [-0.05, 0) is 34.5 Å². The fraction of sp³-hybridized carbons (Fsp3) is 0.500. The van der Waals surface area contributed by atoms with Crippen molar-refractivity contribution >= 4 is 11.3 Å². The molecule has 1 aliphatic heterocycles. The van der Waals surface area contributed by atoms with Crippen LogP contribution in [-0.4, -0.2) is 49.0 Å². The number of ether oxygens (including phenoxy) is 2. The van der Waals surface area contributed by atoms with E-state index in [1.165, 1.54) is 5.56 Å². The predicted molar refractivity (Wildman–Crippen MR) is 83.8 cm³/mol. The van der Waals surface area contributed by atoms with Crippen molar-refractivity contribution in [3.8, 4) is 0 Å². The molecule has 2 unspecified atom stereocenters. The Hall–Kier alpha value is -1.18. The van der Waals surface area contributed by atoms with Gasteiger partial charge in [-0.1, -0.05) is 0 Å². The number of rotatable bonds is 7. The van der Waals surface area contributed by atoms with Crippen LogP contribution >= 0.6 is 11.3 Å². The number of aliphatic hydroxyl groups excluding tert-OH is 1. The van der Waals surface area contributed by atoms with Crippen LogP contribution in [0.2, 0.25) is 0 Å². The molecule has 0 aliphatic carbocycles. The average molecular weight is 323 g/mol. The molecule has 0 radical (unpaired) electrons. The first-order valence-corrected chi connectivity index (χ1v) is 8.40. The number of aliphatic hydroxyl groups is 1. The van der Waals surface area contributed by atoms with Gasteiger partial charge in [-0.25, -0.2) is 0 Å². The molecule has 0 saturated carbocycles. The standard InChI is InChI=1S/C16H21NO4S/c18-14(10-19-11-15-2-1-5-20-15)8-17-4-6-21-16(9-17)13-3-7-22-12-13/h1-3,5,7,12,14,16,18H,4,6,8-11H2. The summed E-state index contributed by atoms with van der Waals surface area (Å²) in [4.78, 5) is 2.23. The molecule has 1 N–H and O–H groups in total. The van der Waals surface area contributed by atoms with E-state index >= 15 is 0 Å². The first kappa shape index (κ1) is 15.7. The highest BCUT2D eigenvalue weighted by Crippen LogP contribution is 2.24. The topological polar surface area (TPSA) is 55.1 Å². The van der Waals surface area contributed by atoms with E-state index in [0.29, 0.717) is 26.4 Å². The van der Waals surface area contributed by atoms with Crippen molar-refractivity contribution in [2.75, 3.05) is 32.8 Å². The van der Waals surface area contributed by atoms with Crippen molar-refractivity contribution in [2.45, 2.75) is 18.8 Å². The zero-order valence-corrected chi connectivity index (χ0v) is 13.2. The summed E-state index contributed by atoms with van der Waals surface area (Å²) < 4.78 is 16.5. The lowest BCUT2D eigenvalue weighted by atomic mass is 10.1. The number of thiophene rings is 1. The van der Waals surface area contributed by atoms with E-state index in [4.69, 9.17) is 13.9 Å². The summed E-state index contributed by atoms with van der Waals surface area (Å²) >= 11 is 1.68. The molecule has 1 aliphatic rings. The third kappa shape index (κ3) is 4.41. The summed E-state index contributed by atoms with van der Waals surface area (Å²) in [5.74, 6) is 0.774. The molecule has 5 nitrogen and oxygen atoms in total. The molecule has 2 aromatic rings. The lowest BCUT2D eigenvalue weighted by molar-refractivity contribution is -0.0542. The molecule has 0 aromatic carbocycles. The Labute approximate surface area is 134 Å². The zero-order valence-electron chi connectivity index (χ0n) is 12.4. The van der Waals surface area contributed by atoms with Gasteiger partial charge in [0, 0.05) is 19.6 Å². The lowest BCUT2D eigenvalue weighted by Crippen LogP contribution is -2.43. The molecule has 0 amide bonds. The average Bonchev–Trinajstić information content (AvgIpc) is 3.21. The number of morpholine rings is 1. The molecule has 1 fully saturated rings. The van der Waals surface area contributed by atoms with E-state index in [0.717, 1.165) is 18.8 Å². The maximum absolute atomic E-state index is 10.1. The summed E-state index contributed by atoms with van der Waals surface area (Å²) in [5, 5.41) is 14.3. The SMILES string of the molecule is OC(COCc1ccco1)CN1CCOC(c2ccsc2)C1. The minimum absolute atomic E-state index is 0.108. The largest absolute Gasteiger partial charge is 0.467 e. The summed E-state index contributed by atoms with van der Waals surface area (Å²) in [6, 6.07) is 5.79. The van der Waals surface area contributed by atoms with E-state index < -0.39 is 6.10 Å². The highest BCUT2D eigenvalue weighted by Gasteiger charge is 2.23. The second-order valence-corrected chi connectivity index (χ2v) is 6.20. The van der Waals surface area contributed by atoms with Gasteiger partial charge in [0.1, 0.15) is 12.4 Å². The maximum Gasteiger partial charge on any atom is 0.129 e.